The minimum atomic E-state index is 0.0550. The molecule has 0 N–H and O–H groups in total. The van der Waals surface area contributed by atoms with Crippen LogP contribution < -0.4 is 0 Å². The third kappa shape index (κ3) is 1.91. The first-order chi connectivity index (χ1) is 6.27. The van der Waals surface area contributed by atoms with Crippen molar-refractivity contribution in [1.29, 1.82) is 0 Å². The van der Waals surface area contributed by atoms with E-state index in [9.17, 15) is 4.79 Å². The van der Waals surface area contributed by atoms with Gasteiger partial charge in [0.2, 0.25) is 0 Å². The molecule has 0 aromatic carbocycles. The van der Waals surface area contributed by atoms with E-state index in [4.69, 9.17) is 4.42 Å². The Kier molecular flexibility index (Phi) is 2.64. The Morgan fingerprint density at radius 1 is 1.69 bits per heavy atom. The van der Waals surface area contributed by atoms with Crippen molar-refractivity contribution in [2.75, 3.05) is 18.2 Å². The summed E-state index contributed by atoms with van der Waals surface area (Å²) in [6.07, 6.45) is 1.48. The zero-order valence-electron chi connectivity index (χ0n) is 6.83. The molecule has 0 atom stereocenters. The number of halogens is 1. The second kappa shape index (κ2) is 3.75. The van der Waals surface area contributed by atoms with Gasteiger partial charge < -0.3 is 9.32 Å². The summed E-state index contributed by atoms with van der Waals surface area (Å²) in [5, 5.41) is 0. The maximum absolute atomic E-state index is 11.7. The minimum absolute atomic E-state index is 0.0550. The van der Waals surface area contributed by atoms with Gasteiger partial charge in [0.1, 0.15) is 6.26 Å². The first-order valence-corrected chi connectivity index (χ1v) is 5.83. The lowest BCUT2D eigenvalue weighted by Gasteiger charge is -2.11. The molecule has 5 heteroatoms. The van der Waals surface area contributed by atoms with Gasteiger partial charge in [0.15, 0.2) is 4.67 Å². The summed E-state index contributed by atoms with van der Waals surface area (Å²) in [6.45, 7) is 0.840. The number of nitrogens with zero attached hydrogens (tertiary/aromatic N) is 1. The van der Waals surface area contributed by atoms with E-state index in [0.29, 0.717) is 10.2 Å². The van der Waals surface area contributed by atoms with Crippen molar-refractivity contribution >= 4 is 33.6 Å². The Labute approximate surface area is 88.6 Å². The molecular formula is C8H8BrNO2S. The second-order valence-electron chi connectivity index (χ2n) is 2.75. The molecule has 1 fully saturated rings. The van der Waals surface area contributed by atoms with E-state index in [2.05, 4.69) is 15.9 Å². The van der Waals surface area contributed by atoms with Crippen molar-refractivity contribution in [3.05, 3.63) is 22.6 Å². The number of hydrogen-bond acceptors (Lipinski definition) is 3. The third-order valence-corrected chi connectivity index (χ3v) is 3.24. The van der Waals surface area contributed by atoms with Gasteiger partial charge in [-0.15, -0.1) is 11.8 Å². The standard InChI is InChI=1S/C8H8BrNO2S/c9-7-3-6(4-12-7)8(11)10-1-2-13-5-10/h3-4H,1-2,5H2. The summed E-state index contributed by atoms with van der Waals surface area (Å²) in [4.78, 5) is 13.5. The lowest BCUT2D eigenvalue weighted by molar-refractivity contribution is 0.0802. The molecule has 0 radical (unpaired) electrons. The van der Waals surface area contributed by atoms with Crippen LogP contribution in [0.3, 0.4) is 0 Å². The van der Waals surface area contributed by atoms with Crippen LogP contribution in [0.4, 0.5) is 0 Å². The van der Waals surface area contributed by atoms with Crippen LogP contribution in [0.15, 0.2) is 21.4 Å². The largest absolute Gasteiger partial charge is 0.457 e. The number of carbonyl (C=O) groups is 1. The number of carbonyl (C=O) groups excluding carboxylic acids is 1. The molecule has 0 spiro atoms. The number of hydrogen-bond donors (Lipinski definition) is 0. The van der Waals surface area contributed by atoms with E-state index >= 15 is 0 Å². The summed E-state index contributed by atoms with van der Waals surface area (Å²) in [5.74, 6) is 1.88. The minimum Gasteiger partial charge on any atom is -0.457 e. The van der Waals surface area contributed by atoms with Crippen LogP contribution in [-0.2, 0) is 0 Å². The lowest BCUT2D eigenvalue weighted by atomic mass is 10.3. The van der Waals surface area contributed by atoms with E-state index in [1.807, 2.05) is 4.90 Å². The number of thioether (sulfide) groups is 1. The molecule has 13 heavy (non-hydrogen) atoms. The van der Waals surface area contributed by atoms with E-state index in [1.165, 1.54) is 6.26 Å². The predicted molar refractivity (Wildman–Crippen MR) is 54.8 cm³/mol. The lowest BCUT2D eigenvalue weighted by Crippen LogP contribution is -2.27. The maximum atomic E-state index is 11.7. The van der Waals surface area contributed by atoms with Gasteiger partial charge in [0, 0.05) is 18.4 Å². The van der Waals surface area contributed by atoms with Crippen LogP contribution in [-0.4, -0.2) is 29.0 Å². The zero-order valence-corrected chi connectivity index (χ0v) is 9.23. The van der Waals surface area contributed by atoms with Crippen LogP contribution >= 0.6 is 27.7 Å². The first kappa shape index (κ1) is 9.15. The van der Waals surface area contributed by atoms with Gasteiger partial charge >= 0.3 is 0 Å². The average molecular weight is 262 g/mol. The van der Waals surface area contributed by atoms with Crippen LogP contribution in [0.25, 0.3) is 0 Å². The number of rotatable bonds is 1. The molecular weight excluding hydrogens is 254 g/mol. The highest BCUT2D eigenvalue weighted by Crippen LogP contribution is 2.19. The molecule has 0 bridgehead atoms. The van der Waals surface area contributed by atoms with Crippen molar-refractivity contribution in [2.45, 2.75) is 0 Å². The van der Waals surface area contributed by atoms with Crippen LogP contribution in [0, 0.1) is 0 Å². The summed E-state index contributed by atoms with van der Waals surface area (Å²) in [5.41, 5.74) is 0.620. The van der Waals surface area contributed by atoms with Crippen molar-refractivity contribution in [1.82, 2.24) is 4.90 Å². The molecule has 1 aliphatic rings. The predicted octanol–water partition coefficient (Wildman–Crippen LogP) is 2.19. The van der Waals surface area contributed by atoms with E-state index < -0.39 is 0 Å². The molecule has 1 amide bonds. The highest BCUT2D eigenvalue weighted by atomic mass is 79.9. The average Bonchev–Trinajstić information content (AvgIpc) is 2.72. The molecule has 1 aromatic rings. The fourth-order valence-electron chi connectivity index (χ4n) is 1.18. The van der Waals surface area contributed by atoms with Crippen molar-refractivity contribution in [3.63, 3.8) is 0 Å². The SMILES string of the molecule is O=C(c1coc(Br)c1)N1CCSC1. The van der Waals surface area contributed by atoms with Gasteiger partial charge in [-0.2, -0.15) is 0 Å². The fraction of sp³-hybridized carbons (Fsp3) is 0.375. The molecule has 0 saturated carbocycles. The van der Waals surface area contributed by atoms with Gasteiger partial charge in [-0.1, -0.05) is 0 Å². The highest BCUT2D eigenvalue weighted by molar-refractivity contribution is 9.10. The van der Waals surface area contributed by atoms with Gasteiger partial charge in [0.05, 0.1) is 11.4 Å². The van der Waals surface area contributed by atoms with Gasteiger partial charge in [-0.25, -0.2) is 0 Å². The Morgan fingerprint density at radius 2 is 2.54 bits per heavy atom. The Bertz CT molecular complexity index is 320. The van der Waals surface area contributed by atoms with E-state index in [1.54, 1.807) is 17.8 Å². The molecule has 70 valence electrons. The second-order valence-corrected chi connectivity index (χ2v) is 4.60. The molecule has 1 aliphatic heterocycles. The van der Waals surface area contributed by atoms with Crippen LogP contribution in [0.1, 0.15) is 10.4 Å². The number of amides is 1. The van der Waals surface area contributed by atoms with Gasteiger partial charge in [-0.3, -0.25) is 4.79 Å². The normalized spacial score (nSPS) is 16.5. The third-order valence-electron chi connectivity index (χ3n) is 1.85. The Morgan fingerprint density at radius 3 is 3.08 bits per heavy atom. The molecule has 3 nitrogen and oxygen atoms in total. The Hall–Kier alpha value is -0.420. The molecule has 2 heterocycles. The van der Waals surface area contributed by atoms with Crippen molar-refractivity contribution < 1.29 is 9.21 Å². The topological polar surface area (TPSA) is 33.5 Å². The maximum Gasteiger partial charge on any atom is 0.257 e. The van der Waals surface area contributed by atoms with E-state index in [-0.39, 0.29) is 5.91 Å². The summed E-state index contributed by atoms with van der Waals surface area (Å²) < 4.78 is 5.61. The van der Waals surface area contributed by atoms with E-state index in [0.717, 1.165) is 18.2 Å². The van der Waals surface area contributed by atoms with Gasteiger partial charge in [0.25, 0.3) is 5.91 Å². The monoisotopic (exact) mass is 261 g/mol. The summed E-state index contributed by atoms with van der Waals surface area (Å²) >= 11 is 4.94. The van der Waals surface area contributed by atoms with Gasteiger partial charge in [-0.05, 0) is 15.9 Å². The molecule has 0 unspecified atom stereocenters. The molecule has 0 aliphatic carbocycles. The zero-order chi connectivity index (χ0) is 9.26. The first-order valence-electron chi connectivity index (χ1n) is 3.88. The Balaban J connectivity index is 2.12. The fourth-order valence-corrected chi connectivity index (χ4v) is 2.46. The summed E-state index contributed by atoms with van der Waals surface area (Å²) in [6, 6.07) is 1.70. The molecule has 1 saturated heterocycles. The van der Waals surface area contributed by atoms with Crippen LogP contribution in [0.2, 0.25) is 0 Å². The van der Waals surface area contributed by atoms with Crippen molar-refractivity contribution in [2.24, 2.45) is 0 Å². The number of furan rings is 1. The summed E-state index contributed by atoms with van der Waals surface area (Å²) in [7, 11) is 0. The van der Waals surface area contributed by atoms with Crippen LogP contribution in [0.5, 0.6) is 0 Å². The molecule has 2 rings (SSSR count). The van der Waals surface area contributed by atoms with Crippen molar-refractivity contribution in [3.8, 4) is 0 Å². The highest BCUT2D eigenvalue weighted by Gasteiger charge is 2.20. The quantitative estimate of drug-likeness (QED) is 0.777. The molecule has 1 aromatic heterocycles. The smallest absolute Gasteiger partial charge is 0.257 e.